The zero-order valence-corrected chi connectivity index (χ0v) is 12.3. The summed E-state index contributed by atoms with van der Waals surface area (Å²) in [6.07, 6.45) is 4.64. The zero-order valence-electron chi connectivity index (χ0n) is 12.3. The summed E-state index contributed by atoms with van der Waals surface area (Å²) in [6.45, 7) is 1.81. The summed E-state index contributed by atoms with van der Waals surface area (Å²) in [7, 11) is 3.02. The Morgan fingerprint density at radius 2 is 2.23 bits per heavy atom. The second kappa shape index (κ2) is 6.20. The number of esters is 1. The molecule has 0 aromatic carbocycles. The smallest absolute Gasteiger partial charge is 0.339 e. The van der Waals surface area contributed by atoms with Crippen molar-refractivity contribution in [2.75, 3.05) is 12.4 Å². The molecule has 0 aliphatic heterocycles. The van der Waals surface area contributed by atoms with Crippen molar-refractivity contribution in [2.24, 2.45) is 7.05 Å². The average molecular weight is 305 g/mol. The molecule has 0 saturated carbocycles. The molecular formula is C13H15N5O4. The lowest BCUT2D eigenvalue weighted by Gasteiger charge is -2.14. The van der Waals surface area contributed by atoms with E-state index in [1.807, 2.05) is 14.0 Å². The van der Waals surface area contributed by atoms with E-state index in [4.69, 9.17) is 0 Å². The largest absolute Gasteiger partial charge is 0.465 e. The van der Waals surface area contributed by atoms with Crippen LogP contribution in [0.4, 0.5) is 11.5 Å². The minimum absolute atomic E-state index is 0.0180. The van der Waals surface area contributed by atoms with Crippen LogP contribution in [0.5, 0.6) is 0 Å². The van der Waals surface area contributed by atoms with Gasteiger partial charge in [0.25, 0.3) is 0 Å². The van der Waals surface area contributed by atoms with Gasteiger partial charge in [-0.05, 0) is 6.92 Å². The molecule has 9 heteroatoms. The first-order valence-corrected chi connectivity index (χ1v) is 6.40. The Morgan fingerprint density at radius 3 is 2.77 bits per heavy atom. The number of ether oxygens (including phenoxy) is 1. The van der Waals surface area contributed by atoms with Gasteiger partial charge in [-0.25, -0.2) is 14.8 Å². The highest BCUT2D eigenvalue weighted by Crippen LogP contribution is 2.26. The fraction of sp³-hybridized carbons (Fsp3) is 0.308. The summed E-state index contributed by atoms with van der Waals surface area (Å²) >= 11 is 0. The minimum Gasteiger partial charge on any atom is -0.465 e. The predicted octanol–water partition coefficient (Wildman–Crippen LogP) is 1.68. The van der Waals surface area contributed by atoms with E-state index in [0.717, 1.165) is 6.07 Å². The number of hydrogen-bond acceptors (Lipinski definition) is 7. The lowest BCUT2D eigenvalue weighted by Crippen LogP contribution is -2.14. The average Bonchev–Trinajstić information content (AvgIpc) is 2.92. The number of imidazole rings is 1. The molecule has 116 valence electrons. The fourth-order valence-corrected chi connectivity index (χ4v) is 2.00. The molecule has 9 nitrogen and oxygen atoms in total. The van der Waals surface area contributed by atoms with Crippen LogP contribution in [-0.4, -0.2) is 32.5 Å². The van der Waals surface area contributed by atoms with Crippen molar-refractivity contribution in [2.45, 2.75) is 13.0 Å². The molecular weight excluding hydrogens is 290 g/mol. The van der Waals surface area contributed by atoms with Gasteiger partial charge in [0.15, 0.2) is 0 Å². The highest BCUT2D eigenvalue weighted by atomic mass is 16.6. The van der Waals surface area contributed by atoms with E-state index in [-0.39, 0.29) is 23.1 Å². The van der Waals surface area contributed by atoms with Gasteiger partial charge in [-0.2, -0.15) is 0 Å². The first-order chi connectivity index (χ1) is 10.4. The number of nitrogens with zero attached hydrogens (tertiary/aromatic N) is 4. The molecule has 1 N–H and O–H groups in total. The maximum Gasteiger partial charge on any atom is 0.339 e. The minimum atomic E-state index is -0.681. The topological polar surface area (TPSA) is 112 Å². The Hall–Kier alpha value is -2.97. The standard InChI is InChI=1S/C13H15N5O4/c1-8(12-14-4-5-17(12)2)16-11-10(18(20)21)6-9(7-15-11)13(19)22-3/h4-8H,1-3H3,(H,15,16). The van der Waals surface area contributed by atoms with Crippen molar-refractivity contribution in [3.8, 4) is 0 Å². The molecule has 0 aliphatic carbocycles. The number of rotatable bonds is 5. The first-order valence-electron chi connectivity index (χ1n) is 6.40. The molecule has 22 heavy (non-hydrogen) atoms. The second-order valence-electron chi connectivity index (χ2n) is 4.60. The van der Waals surface area contributed by atoms with Crippen molar-refractivity contribution in [3.63, 3.8) is 0 Å². The second-order valence-corrected chi connectivity index (χ2v) is 4.60. The van der Waals surface area contributed by atoms with E-state index in [0.29, 0.717) is 5.82 Å². The van der Waals surface area contributed by atoms with Crippen LogP contribution >= 0.6 is 0 Å². The summed E-state index contributed by atoms with van der Waals surface area (Å²) in [4.78, 5) is 30.1. The van der Waals surface area contributed by atoms with Gasteiger partial charge in [0.05, 0.1) is 23.6 Å². The quantitative estimate of drug-likeness (QED) is 0.508. The van der Waals surface area contributed by atoms with E-state index in [9.17, 15) is 14.9 Å². The summed E-state index contributed by atoms with van der Waals surface area (Å²) in [6, 6.07) is 0.835. The van der Waals surface area contributed by atoms with Gasteiger partial charge in [-0.3, -0.25) is 10.1 Å². The Kier molecular flexibility index (Phi) is 4.35. The monoisotopic (exact) mass is 305 g/mol. The lowest BCUT2D eigenvalue weighted by molar-refractivity contribution is -0.384. The molecule has 0 aliphatic rings. The van der Waals surface area contributed by atoms with Crippen LogP contribution < -0.4 is 5.32 Å². The molecule has 0 saturated heterocycles. The van der Waals surface area contributed by atoms with Gasteiger partial charge in [0.2, 0.25) is 5.82 Å². The maximum atomic E-state index is 11.4. The molecule has 0 amide bonds. The first kappa shape index (κ1) is 15.4. The number of nitrogens with one attached hydrogen (secondary N) is 1. The van der Waals surface area contributed by atoms with Gasteiger partial charge in [0.1, 0.15) is 5.82 Å². The molecule has 0 radical (unpaired) electrons. The van der Waals surface area contributed by atoms with Crippen LogP contribution in [0.25, 0.3) is 0 Å². The highest BCUT2D eigenvalue weighted by molar-refractivity contribution is 5.90. The third-order valence-corrected chi connectivity index (χ3v) is 3.08. The van der Waals surface area contributed by atoms with Crippen LogP contribution in [0.1, 0.15) is 29.1 Å². The fourth-order valence-electron chi connectivity index (χ4n) is 2.00. The van der Waals surface area contributed by atoms with Crippen molar-refractivity contribution >= 4 is 17.5 Å². The predicted molar refractivity (Wildman–Crippen MR) is 77.5 cm³/mol. The molecule has 0 bridgehead atoms. The lowest BCUT2D eigenvalue weighted by atomic mass is 10.2. The number of aryl methyl sites for hydroxylation is 1. The van der Waals surface area contributed by atoms with Gasteiger partial charge in [-0.15, -0.1) is 0 Å². The SMILES string of the molecule is COC(=O)c1cnc(NC(C)c2nccn2C)c([N+](=O)[O-])c1. The normalized spacial score (nSPS) is 11.8. The van der Waals surface area contributed by atoms with Crippen molar-refractivity contribution in [1.82, 2.24) is 14.5 Å². The third-order valence-electron chi connectivity index (χ3n) is 3.08. The molecule has 1 unspecified atom stereocenters. The molecule has 2 aromatic heterocycles. The highest BCUT2D eigenvalue weighted by Gasteiger charge is 2.22. The molecule has 2 rings (SSSR count). The van der Waals surface area contributed by atoms with Crippen molar-refractivity contribution in [1.29, 1.82) is 0 Å². The van der Waals surface area contributed by atoms with E-state index in [2.05, 4.69) is 20.0 Å². The number of methoxy groups -OCH3 is 1. The van der Waals surface area contributed by atoms with Gasteiger partial charge < -0.3 is 14.6 Å². The van der Waals surface area contributed by atoms with E-state index in [1.165, 1.54) is 13.3 Å². The number of hydrogen-bond donors (Lipinski definition) is 1. The van der Waals surface area contributed by atoms with Gasteiger partial charge in [0, 0.05) is 31.7 Å². The Balaban J connectivity index is 2.32. The van der Waals surface area contributed by atoms with Crippen LogP contribution in [0, 0.1) is 10.1 Å². The Morgan fingerprint density at radius 1 is 1.50 bits per heavy atom. The number of pyridine rings is 1. The Bertz CT molecular complexity index is 712. The summed E-state index contributed by atoms with van der Waals surface area (Å²) in [5.41, 5.74) is -0.284. The zero-order chi connectivity index (χ0) is 16.3. The van der Waals surface area contributed by atoms with Crippen LogP contribution in [-0.2, 0) is 11.8 Å². The molecule has 1 atom stereocenters. The van der Waals surface area contributed by atoms with Crippen molar-refractivity contribution in [3.05, 3.63) is 46.2 Å². The van der Waals surface area contributed by atoms with E-state index in [1.54, 1.807) is 17.0 Å². The summed E-state index contributed by atoms with van der Waals surface area (Å²) in [5.74, 6) is 0.0839. The van der Waals surface area contributed by atoms with E-state index < -0.39 is 10.9 Å². The van der Waals surface area contributed by atoms with Crippen molar-refractivity contribution < 1.29 is 14.5 Å². The van der Waals surface area contributed by atoms with Gasteiger partial charge in [-0.1, -0.05) is 0 Å². The molecule has 0 spiro atoms. The third kappa shape index (κ3) is 3.03. The number of anilines is 1. The number of carbonyl (C=O) groups is 1. The van der Waals surface area contributed by atoms with Crippen LogP contribution in [0.2, 0.25) is 0 Å². The van der Waals surface area contributed by atoms with Crippen LogP contribution in [0.15, 0.2) is 24.7 Å². The summed E-state index contributed by atoms with van der Waals surface area (Å²) < 4.78 is 6.33. The molecule has 2 aromatic rings. The number of nitro groups is 1. The van der Waals surface area contributed by atoms with E-state index >= 15 is 0 Å². The number of aromatic nitrogens is 3. The maximum absolute atomic E-state index is 11.4. The van der Waals surface area contributed by atoms with Crippen LogP contribution in [0.3, 0.4) is 0 Å². The molecule has 0 fully saturated rings. The summed E-state index contributed by atoms with van der Waals surface area (Å²) in [5, 5.41) is 14.1. The molecule has 2 heterocycles. The van der Waals surface area contributed by atoms with Gasteiger partial charge >= 0.3 is 11.7 Å². The number of carbonyl (C=O) groups excluding carboxylic acids is 1. The Labute approximate surface area is 126 Å².